The molecule has 0 aliphatic rings. The number of carbonyl (C=O) groups is 3. The summed E-state index contributed by atoms with van der Waals surface area (Å²) in [5.41, 5.74) is -0.365. The molecule has 0 spiro atoms. The van der Waals surface area contributed by atoms with Gasteiger partial charge in [0.1, 0.15) is 16.7 Å². The summed E-state index contributed by atoms with van der Waals surface area (Å²) in [6, 6.07) is 10.2. The van der Waals surface area contributed by atoms with Crippen LogP contribution in [0.2, 0.25) is 0 Å². The Morgan fingerprint density at radius 2 is 1.80 bits per heavy atom. The van der Waals surface area contributed by atoms with Gasteiger partial charge in [-0.15, -0.1) is 0 Å². The van der Waals surface area contributed by atoms with E-state index < -0.39 is 34.3 Å². The molecule has 11 heteroatoms. The molecular weight excluding hydrogens is 476 g/mol. The summed E-state index contributed by atoms with van der Waals surface area (Å²) in [5.74, 6) is -0.964. The van der Waals surface area contributed by atoms with Crippen molar-refractivity contribution in [3.05, 3.63) is 46.9 Å². The van der Waals surface area contributed by atoms with Crippen molar-refractivity contribution in [3.8, 4) is 5.75 Å². The second-order valence-electron chi connectivity index (χ2n) is 8.50. The number of ether oxygens (including phenoxy) is 2. The largest absolute Gasteiger partial charge is 0.497 e. The average Bonchev–Trinajstić information content (AvgIpc) is 2.83. The van der Waals surface area contributed by atoms with Gasteiger partial charge in [-0.1, -0.05) is 36.0 Å². The highest BCUT2D eigenvalue weighted by atomic mass is 32.2. The van der Waals surface area contributed by atoms with Gasteiger partial charge in [-0.3, -0.25) is 9.59 Å². The van der Waals surface area contributed by atoms with Crippen LogP contribution in [0.5, 0.6) is 5.75 Å². The Balaban J connectivity index is 2.11. The maximum absolute atomic E-state index is 13.0. The van der Waals surface area contributed by atoms with Crippen LogP contribution in [0, 0.1) is 10.3 Å². The lowest BCUT2D eigenvalue weighted by atomic mass is 9.96. The predicted octanol–water partition coefficient (Wildman–Crippen LogP) is 3.39. The van der Waals surface area contributed by atoms with Gasteiger partial charge in [-0.05, 0) is 56.2 Å². The minimum Gasteiger partial charge on any atom is -0.497 e. The number of hydrogen-bond donors (Lipinski definition) is 2. The van der Waals surface area contributed by atoms with Gasteiger partial charge in [0.05, 0.1) is 25.0 Å². The van der Waals surface area contributed by atoms with E-state index in [2.05, 4.69) is 10.2 Å². The fraction of sp³-hybridized carbons (Fsp3) is 0.458. The van der Waals surface area contributed by atoms with Crippen molar-refractivity contribution < 1.29 is 39.0 Å². The van der Waals surface area contributed by atoms with E-state index in [4.69, 9.17) is 14.7 Å². The lowest BCUT2D eigenvalue weighted by Gasteiger charge is -2.22. The second kappa shape index (κ2) is 12.4. The number of fused-ring (bicyclic) bond motifs is 1. The molecule has 0 unspecified atom stereocenters. The quantitative estimate of drug-likeness (QED) is 0.328. The van der Waals surface area contributed by atoms with E-state index in [0.717, 1.165) is 33.8 Å². The average molecular weight is 508 g/mol. The smallest absolute Gasteiger partial charge is 0.475 e. The fourth-order valence-corrected chi connectivity index (χ4v) is 4.12. The normalized spacial score (nSPS) is 12.9. The maximum Gasteiger partial charge on any atom is 0.475 e. The van der Waals surface area contributed by atoms with E-state index in [-0.39, 0.29) is 24.1 Å². The molecule has 0 aliphatic heterocycles. The van der Waals surface area contributed by atoms with Gasteiger partial charge in [-0.2, -0.15) is 4.84 Å². The summed E-state index contributed by atoms with van der Waals surface area (Å²) in [6.07, 6.45) is 0. The summed E-state index contributed by atoms with van der Waals surface area (Å²) in [7, 11) is 1.59. The van der Waals surface area contributed by atoms with Crippen LogP contribution < -0.4 is 10.1 Å². The summed E-state index contributed by atoms with van der Waals surface area (Å²) in [6.45, 7) is 6.18. The first-order valence-corrected chi connectivity index (χ1v) is 12.0. The van der Waals surface area contributed by atoms with E-state index >= 15 is 0 Å². The molecule has 0 heterocycles. The molecule has 0 radical (unpaired) electrons. The Morgan fingerprint density at radius 3 is 2.43 bits per heavy atom. The number of thioether (sulfide) groups is 1. The van der Waals surface area contributed by atoms with Crippen LogP contribution in [-0.4, -0.2) is 59.4 Å². The predicted molar refractivity (Wildman–Crippen MR) is 130 cm³/mol. The number of esters is 1. The topological polar surface area (TPSA) is 131 Å². The van der Waals surface area contributed by atoms with Crippen molar-refractivity contribution >= 4 is 39.5 Å². The summed E-state index contributed by atoms with van der Waals surface area (Å²) >= 11 is 0.804. The molecule has 1 amide bonds. The van der Waals surface area contributed by atoms with Crippen molar-refractivity contribution in [2.45, 2.75) is 39.7 Å². The number of methoxy groups -OCH3 is 1. The van der Waals surface area contributed by atoms with Crippen LogP contribution in [0.1, 0.15) is 39.2 Å². The van der Waals surface area contributed by atoms with E-state index in [9.17, 15) is 19.3 Å². The van der Waals surface area contributed by atoms with Gasteiger partial charge < -0.3 is 14.8 Å². The van der Waals surface area contributed by atoms with Crippen LogP contribution in [0.4, 0.5) is 0 Å². The van der Waals surface area contributed by atoms with Gasteiger partial charge >= 0.3 is 11.1 Å². The van der Waals surface area contributed by atoms with E-state index in [0.29, 0.717) is 0 Å². The molecule has 2 aromatic carbocycles. The third-order valence-corrected chi connectivity index (χ3v) is 6.64. The minimum absolute atomic E-state index is 0.0721. The van der Waals surface area contributed by atoms with Gasteiger partial charge in [-0.25, -0.2) is 10.0 Å². The van der Waals surface area contributed by atoms with E-state index in [1.807, 2.05) is 36.4 Å². The molecule has 0 saturated carbocycles. The molecule has 2 N–H and O–H groups in total. The molecule has 0 saturated heterocycles. The van der Waals surface area contributed by atoms with Crippen LogP contribution in [0.3, 0.4) is 0 Å². The van der Waals surface area contributed by atoms with Gasteiger partial charge in [0.25, 0.3) is 0 Å². The third-order valence-electron chi connectivity index (χ3n) is 5.32. The third kappa shape index (κ3) is 7.84. The first kappa shape index (κ1) is 27.9. The van der Waals surface area contributed by atoms with Crippen molar-refractivity contribution in [1.82, 2.24) is 5.32 Å². The Morgan fingerprint density at radius 1 is 1.14 bits per heavy atom. The number of rotatable bonds is 12. The molecule has 190 valence electrons. The number of nitrogens with one attached hydrogen (secondary N) is 1. The van der Waals surface area contributed by atoms with Crippen molar-refractivity contribution in [1.29, 1.82) is 0 Å². The molecule has 0 fully saturated rings. The van der Waals surface area contributed by atoms with Crippen LogP contribution in [0.25, 0.3) is 10.8 Å². The van der Waals surface area contributed by atoms with Gasteiger partial charge in [0.2, 0.25) is 5.91 Å². The Bertz CT molecular complexity index is 1090. The van der Waals surface area contributed by atoms with Gasteiger partial charge in [0, 0.05) is 5.75 Å². The zero-order valence-corrected chi connectivity index (χ0v) is 21.2. The van der Waals surface area contributed by atoms with Crippen molar-refractivity contribution in [3.63, 3.8) is 0 Å². The molecule has 0 aromatic heterocycles. The lowest BCUT2D eigenvalue weighted by Crippen LogP contribution is -2.45. The highest BCUT2D eigenvalue weighted by Gasteiger charge is 2.34. The number of hydrogen-bond acceptors (Lipinski definition) is 8. The molecule has 2 atom stereocenters. The Hall–Kier alpha value is -3.34. The number of amides is 1. The first-order valence-electron chi connectivity index (χ1n) is 11.0. The lowest BCUT2D eigenvalue weighted by molar-refractivity contribution is -0.976. The minimum atomic E-state index is -1.12. The standard InChI is InChI=1S/C24H30N2O8S/c1-6-33-22(28)20(13-35-23(29)24(3,4)14-34-26(30)31)25-21(27)15(2)16-7-8-18-12-19(32-5)10-9-17(18)11-16/h7-12,15,20H,6,13-14H2,1-5H3,(H-,25,27,30,31)/p+1/t15-,20-/m0/s1. The Kier molecular flexibility index (Phi) is 9.88. The molecule has 35 heavy (non-hydrogen) atoms. The monoisotopic (exact) mass is 507 g/mol. The number of benzene rings is 2. The number of nitrogens with zero attached hydrogens (tertiary/aromatic N) is 1. The molecule has 2 rings (SSSR count). The SMILES string of the molecule is CCOC(=O)[C@H](CSC(=O)C(C)(C)CO[N+](=O)O)NC(=O)[C@@H](C)c1ccc2cc(OC)ccc2c1. The molecule has 2 aromatic rings. The molecular formula is C24H31N2O8S+. The summed E-state index contributed by atoms with van der Waals surface area (Å²) < 4.78 is 10.3. The Labute approximate surface area is 207 Å². The van der Waals surface area contributed by atoms with Gasteiger partial charge in [0.15, 0.2) is 11.7 Å². The first-order chi connectivity index (χ1) is 16.5. The maximum atomic E-state index is 13.0. The van der Waals surface area contributed by atoms with Crippen LogP contribution >= 0.6 is 11.8 Å². The van der Waals surface area contributed by atoms with Crippen molar-refractivity contribution in [2.24, 2.45) is 5.41 Å². The fourth-order valence-electron chi connectivity index (χ4n) is 3.13. The van der Waals surface area contributed by atoms with E-state index in [1.165, 1.54) is 13.8 Å². The number of carbonyl (C=O) groups excluding carboxylic acids is 3. The zero-order valence-electron chi connectivity index (χ0n) is 20.4. The molecule has 0 aliphatic carbocycles. The summed E-state index contributed by atoms with van der Waals surface area (Å²) in [5, 5.41) is 12.1. The summed E-state index contributed by atoms with van der Waals surface area (Å²) in [4.78, 5) is 53.0. The van der Waals surface area contributed by atoms with Crippen LogP contribution in [0.15, 0.2) is 36.4 Å². The molecule has 10 nitrogen and oxygen atoms in total. The second-order valence-corrected chi connectivity index (χ2v) is 9.49. The van der Waals surface area contributed by atoms with Crippen molar-refractivity contribution in [2.75, 3.05) is 26.1 Å². The highest BCUT2D eigenvalue weighted by Crippen LogP contribution is 2.27. The zero-order chi connectivity index (χ0) is 26.2. The highest BCUT2D eigenvalue weighted by molar-refractivity contribution is 8.13. The molecule has 0 bridgehead atoms. The van der Waals surface area contributed by atoms with Crippen LogP contribution in [-0.2, 0) is 24.0 Å². The van der Waals surface area contributed by atoms with E-state index in [1.54, 1.807) is 21.0 Å².